The summed E-state index contributed by atoms with van der Waals surface area (Å²) in [5.74, 6) is 0.602. The Kier molecular flexibility index (Phi) is 3.89. The zero-order valence-electron chi connectivity index (χ0n) is 11.5. The fraction of sp³-hybridized carbons (Fsp3) is 0.400. The van der Waals surface area contributed by atoms with Gasteiger partial charge in [-0.2, -0.15) is 4.37 Å². The van der Waals surface area contributed by atoms with Crippen LogP contribution in [0, 0.1) is 0 Å². The summed E-state index contributed by atoms with van der Waals surface area (Å²) in [4.78, 5) is 0. The van der Waals surface area contributed by atoms with Gasteiger partial charge in [-0.3, -0.25) is 0 Å². The summed E-state index contributed by atoms with van der Waals surface area (Å²) >= 11 is 1.44. The molecule has 1 fully saturated rings. The molecule has 0 spiro atoms. The maximum Gasteiger partial charge on any atom is 0.147 e. The Labute approximate surface area is 123 Å². The van der Waals surface area contributed by atoms with Gasteiger partial charge in [0.05, 0.1) is 11.7 Å². The Hall–Kier alpha value is -1.59. The molecule has 0 bridgehead atoms. The molecule has 2 aromatic rings. The summed E-state index contributed by atoms with van der Waals surface area (Å²) in [5, 5.41) is 4.65. The first-order valence-corrected chi connectivity index (χ1v) is 7.65. The summed E-state index contributed by atoms with van der Waals surface area (Å²) in [6, 6.07) is 10.6. The molecule has 0 amide bonds. The predicted molar refractivity (Wildman–Crippen MR) is 84.0 cm³/mol. The summed E-state index contributed by atoms with van der Waals surface area (Å²) in [6.45, 7) is 0. The second-order valence-corrected chi connectivity index (χ2v) is 5.92. The number of aromatic nitrogens is 1. The zero-order chi connectivity index (χ0) is 13.9. The summed E-state index contributed by atoms with van der Waals surface area (Å²) in [7, 11) is 1.78. The van der Waals surface area contributed by atoms with Crippen molar-refractivity contribution in [3.8, 4) is 11.1 Å². The van der Waals surface area contributed by atoms with Gasteiger partial charge in [0, 0.05) is 13.2 Å². The summed E-state index contributed by atoms with van der Waals surface area (Å²) in [5.41, 5.74) is 8.17. The van der Waals surface area contributed by atoms with Crippen molar-refractivity contribution in [2.24, 2.45) is 0 Å². The average Bonchev–Trinajstić information content (AvgIpc) is 3.07. The molecule has 1 heterocycles. The van der Waals surface area contributed by atoms with E-state index < -0.39 is 0 Å². The maximum atomic E-state index is 6.04. The van der Waals surface area contributed by atoms with Crippen LogP contribution >= 0.6 is 11.5 Å². The Morgan fingerprint density at radius 3 is 2.80 bits per heavy atom. The van der Waals surface area contributed by atoms with E-state index in [4.69, 9.17) is 10.5 Å². The fourth-order valence-electron chi connectivity index (χ4n) is 2.76. The lowest BCUT2D eigenvalue weighted by Crippen LogP contribution is -2.16. The molecule has 4 nitrogen and oxygen atoms in total. The number of anilines is 2. The molecule has 2 unspecified atom stereocenters. The van der Waals surface area contributed by atoms with Crippen LogP contribution in [0.25, 0.3) is 11.1 Å². The molecule has 3 N–H and O–H groups in total. The predicted octanol–water partition coefficient (Wildman–Crippen LogP) is 3.37. The van der Waals surface area contributed by atoms with Crippen LogP contribution < -0.4 is 11.1 Å². The Morgan fingerprint density at radius 1 is 1.30 bits per heavy atom. The molecule has 5 heteroatoms. The molecule has 0 aliphatic heterocycles. The highest BCUT2D eigenvalue weighted by Crippen LogP contribution is 2.38. The number of nitrogens with zero attached hydrogens (tertiary/aromatic N) is 1. The molecule has 1 saturated carbocycles. The smallest absolute Gasteiger partial charge is 0.147 e. The number of nitrogens with two attached hydrogens (primary N) is 1. The SMILES string of the molecule is COC1CCC(Nc2snc(N)c2-c2ccccc2)C1. The number of methoxy groups -OCH3 is 1. The topological polar surface area (TPSA) is 60.2 Å². The molecule has 3 rings (SSSR count). The lowest BCUT2D eigenvalue weighted by atomic mass is 10.1. The van der Waals surface area contributed by atoms with Crippen LogP contribution in [-0.2, 0) is 4.74 Å². The van der Waals surface area contributed by atoms with Crippen molar-refractivity contribution in [3.63, 3.8) is 0 Å². The number of hydrogen-bond donors (Lipinski definition) is 2. The zero-order valence-corrected chi connectivity index (χ0v) is 12.3. The molecular formula is C15H19N3OS. The van der Waals surface area contributed by atoms with Crippen molar-refractivity contribution in [1.82, 2.24) is 4.37 Å². The van der Waals surface area contributed by atoms with Gasteiger partial charge in [0.25, 0.3) is 0 Å². The quantitative estimate of drug-likeness (QED) is 0.906. The van der Waals surface area contributed by atoms with Crippen LogP contribution in [0.5, 0.6) is 0 Å². The van der Waals surface area contributed by atoms with Gasteiger partial charge in [0.15, 0.2) is 0 Å². The monoisotopic (exact) mass is 289 g/mol. The third-order valence-corrected chi connectivity index (χ3v) is 4.63. The second kappa shape index (κ2) is 5.81. The van der Waals surface area contributed by atoms with Crippen molar-refractivity contribution in [3.05, 3.63) is 30.3 Å². The number of benzene rings is 1. The van der Waals surface area contributed by atoms with Crippen LogP contribution in [0.1, 0.15) is 19.3 Å². The molecule has 20 heavy (non-hydrogen) atoms. The van der Waals surface area contributed by atoms with Crippen molar-refractivity contribution in [2.45, 2.75) is 31.4 Å². The third kappa shape index (κ3) is 2.64. The maximum absolute atomic E-state index is 6.04. The van der Waals surface area contributed by atoms with Crippen molar-refractivity contribution >= 4 is 22.4 Å². The first-order chi connectivity index (χ1) is 9.78. The Morgan fingerprint density at radius 2 is 2.10 bits per heavy atom. The van der Waals surface area contributed by atoms with Gasteiger partial charge < -0.3 is 15.8 Å². The fourth-order valence-corrected chi connectivity index (χ4v) is 3.57. The highest BCUT2D eigenvalue weighted by Gasteiger charge is 2.26. The largest absolute Gasteiger partial charge is 0.382 e. The first-order valence-electron chi connectivity index (χ1n) is 6.88. The molecule has 2 atom stereocenters. The van der Waals surface area contributed by atoms with Gasteiger partial charge in [0.2, 0.25) is 0 Å². The highest BCUT2D eigenvalue weighted by molar-refractivity contribution is 7.11. The van der Waals surface area contributed by atoms with Gasteiger partial charge in [0.1, 0.15) is 10.8 Å². The minimum Gasteiger partial charge on any atom is -0.382 e. The third-order valence-electron chi connectivity index (χ3n) is 3.83. The minimum absolute atomic E-state index is 0.373. The van der Waals surface area contributed by atoms with Gasteiger partial charge in [-0.05, 0) is 36.4 Å². The van der Waals surface area contributed by atoms with Crippen molar-refractivity contribution in [2.75, 3.05) is 18.2 Å². The minimum atomic E-state index is 0.373. The van der Waals surface area contributed by atoms with E-state index in [-0.39, 0.29) is 0 Å². The molecule has 1 aromatic carbocycles. The second-order valence-electron chi connectivity index (χ2n) is 5.15. The summed E-state index contributed by atoms with van der Waals surface area (Å²) < 4.78 is 9.72. The number of ether oxygens (including phenoxy) is 1. The van der Waals surface area contributed by atoms with Crippen LogP contribution in [0.15, 0.2) is 30.3 Å². The molecule has 1 aliphatic rings. The molecule has 1 aromatic heterocycles. The highest BCUT2D eigenvalue weighted by atomic mass is 32.1. The van der Waals surface area contributed by atoms with E-state index >= 15 is 0 Å². The van der Waals surface area contributed by atoms with E-state index in [2.05, 4.69) is 21.8 Å². The Bertz CT molecular complexity index is 570. The van der Waals surface area contributed by atoms with E-state index in [0.717, 1.165) is 35.4 Å². The Balaban J connectivity index is 1.81. The van der Waals surface area contributed by atoms with E-state index in [1.807, 2.05) is 18.2 Å². The number of hydrogen-bond acceptors (Lipinski definition) is 5. The lowest BCUT2D eigenvalue weighted by Gasteiger charge is -2.14. The van der Waals surface area contributed by atoms with E-state index in [9.17, 15) is 0 Å². The molecule has 0 radical (unpaired) electrons. The van der Waals surface area contributed by atoms with Gasteiger partial charge in [-0.25, -0.2) is 0 Å². The van der Waals surface area contributed by atoms with E-state index in [0.29, 0.717) is 18.0 Å². The van der Waals surface area contributed by atoms with Crippen LogP contribution in [0.2, 0.25) is 0 Å². The van der Waals surface area contributed by atoms with Gasteiger partial charge in [-0.15, -0.1) is 0 Å². The lowest BCUT2D eigenvalue weighted by molar-refractivity contribution is 0.108. The van der Waals surface area contributed by atoms with Crippen LogP contribution in [0.3, 0.4) is 0 Å². The molecular weight excluding hydrogens is 270 g/mol. The average molecular weight is 289 g/mol. The number of rotatable bonds is 4. The normalized spacial score (nSPS) is 22.1. The van der Waals surface area contributed by atoms with Crippen LogP contribution in [0.4, 0.5) is 10.8 Å². The van der Waals surface area contributed by atoms with Crippen molar-refractivity contribution in [1.29, 1.82) is 0 Å². The van der Waals surface area contributed by atoms with E-state index in [1.54, 1.807) is 7.11 Å². The van der Waals surface area contributed by atoms with Gasteiger partial charge in [-0.1, -0.05) is 30.3 Å². The standard InChI is InChI=1S/C15H19N3OS/c1-19-12-8-7-11(9-12)17-15-13(14(16)18-20-15)10-5-3-2-4-6-10/h2-6,11-12,17H,7-9H2,1H3,(H2,16,18). The molecule has 106 valence electrons. The van der Waals surface area contributed by atoms with Gasteiger partial charge >= 0.3 is 0 Å². The molecule has 1 aliphatic carbocycles. The first kappa shape index (κ1) is 13.4. The summed E-state index contributed by atoms with van der Waals surface area (Å²) in [6.07, 6.45) is 3.66. The van der Waals surface area contributed by atoms with Crippen LogP contribution in [-0.4, -0.2) is 23.6 Å². The van der Waals surface area contributed by atoms with E-state index in [1.165, 1.54) is 11.5 Å². The number of nitrogen functional groups attached to an aromatic ring is 1. The number of nitrogens with one attached hydrogen (secondary N) is 1. The molecule has 0 saturated heterocycles. The van der Waals surface area contributed by atoms with Crippen molar-refractivity contribution < 1.29 is 4.74 Å².